The van der Waals surface area contributed by atoms with Crippen LogP contribution in [0.1, 0.15) is 26.3 Å². The van der Waals surface area contributed by atoms with E-state index in [2.05, 4.69) is 20.3 Å². The second-order valence-corrected chi connectivity index (χ2v) is 4.66. The monoisotopic (exact) mass is 288 g/mol. The molecule has 0 saturated heterocycles. The highest BCUT2D eigenvalue weighted by molar-refractivity contribution is 5.39. The molecular weight excluding hydrogens is 268 g/mol. The summed E-state index contributed by atoms with van der Waals surface area (Å²) in [4.78, 5) is 12.5. The van der Waals surface area contributed by atoms with Crippen LogP contribution in [0, 0.1) is 0 Å². The highest BCUT2D eigenvalue weighted by Crippen LogP contribution is 2.18. The van der Waals surface area contributed by atoms with Gasteiger partial charge in [-0.05, 0) is 26.8 Å². The van der Waals surface area contributed by atoms with Crippen LogP contribution < -0.4 is 14.8 Å². The van der Waals surface area contributed by atoms with Crippen molar-refractivity contribution in [1.29, 1.82) is 0 Å². The molecule has 0 spiro atoms. The minimum Gasteiger partial charge on any atom is -0.478 e. The minimum absolute atomic E-state index is 0.0854. The van der Waals surface area contributed by atoms with Gasteiger partial charge in [-0.3, -0.25) is 0 Å². The molecule has 0 amide bonds. The van der Waals surface area contributed by atoms with E-state index in [-0.39, 0.29) is 6.10 Å². The first-order valence-corrected chi connectivity index (χ1v) is 6.98. The molecule has 21 heavy (non-hydrogen) atoms. The van der Waals surface area contributed by atoms with E-state index in [1.807, 2.05) is 32.9 Å². The number of rotatable bonds is 7. The molecule has 0 saturated carbocycles. The molecule has 6 nitrogen and oxygen atoms in total. The summed E-state index contributed by atoms with van der Waals surface area (Å²) < 4.78 is 11.0. The molecule has 112 valence electrons. The Hall–Kier alpha value is -2.37. The van der Waals surface area contributed by atoms with Crippen molar-refractivity contribution in [2.45, 2.75) is 33.4 Å². The Bertz CT molecular complexity index is 575. The average molecular weight is 288 g/mol. The molecule has 0 aliphatic carbocycles. The van der Waals surface area contributed by atoms with Gasteiger partial charge in [-0.2, -0.15) is 0 Å². The molecular formula is C15H20N4O2. The lowest BCUT2D eigenvalue weighted by Crippen LogP contribution is -2.11. The quantitative estimate of drug-likeness (QED) is 0.844. The molecule has 0 aliphatic heterocycles. The second-order valence-electron chi connectivity index (χ2n) is 4.66. The Morgan fingerprint density at radius 1 is 1.24 bits per heavy atom. The summed E-state index contributed by atoms with van der Waals surface area (Å²) in [5.74, 6) is 1.90. The zero-order chi connectivity index (χ0) is 15.1. The van der Waals surface area contributed by atoms with Crippen molar-refractivity contribution in [1.82, 2.24) is 15.0 Å². The van der Waals surface area contributed by atoms with Crippen LogP contribution in [0.5, 0.6) is 11.8 Å². The standard InChI is InChI=1S/C15H20N4O2/c1-4-20-14-8-13(18-10-19-14)17-9-12-6-5-7-16-15(12)21-11(2)3/h5-8,10-11H,4,9H2,1-3H3,(H,17,18,19). The Balaban J connectivity index is 2.04. The molecule has 2 aromatic heterocycles. The van der Waals surface area contributed by atoms with Gasteiger partial charge < -0.3 is 14.8 Å². The van der Waals surface area contributed by atoms with E-state index in [1.54, 1.807) is 12.3 Å². The predicted molar refractivity (Wildman–Crippen MR) is 80.5 cm³/mol. The van der Waals surface area contributed by atoms with Crippen molar-refractivity contribution in [3.63, 3.8) is 0 Å². The van der Waals surface area contributed by atoms with Gasteiger partial charge in [-0.15, -0.1) is 0 Å². The third kappa shape index (κ3) is 4.59. The lowest BCUT2D eigenvalue weighted by molar-refractivity contribution is 0.230. The molecule has 0 atom stereocenters. The third-order valence-electron chi connectivity index (χ3n) is 2.59. The fourth-order valence-electron chi connectivity index (χ4n) is 1.74. The van der Waals surface area contributed by atoms with Crippen LogP contribution in [0.4, 0.5) is 5.82 Å². The number of hydrogen-bond donors (Lipinski definition) is 1. The van der Waals surface area contributed by atoms with E-state index in [9.17, 15) is 0 Å². The Morgan fingerprint density at radius 2 is 2.10 bits per heavy atom. The molecule has 0 bridgehead atoms. The molecule has 0 aliphatic rings. The van der Waals surface area contributed by atoms with E-state index in [0.29, 0.717) is 30.7 Å². The molecule has 1 N–H and O–H groups in total. The van der Waals surface area contributed by atoms with Gasteiger partial charge in [-0.1, -0.05) is 6.07 Å². The molecule has 0 radical (unpaired) electrons. The van der Waals surface area contributed by atoms with Gasteiger partial charge in [0.15, 0.2) is 0 Å². The van der Waals surface area contributed by atoms with Gasteiger partial charge in [0.2, 0.25) is 11.8 Å². The van der Waals surface area contributed by atoms with Crippen LogP contribution in [0.3, 0.4) is 0 Å². The van der Waals surface area contributed by atoms with Crippen LogP contribution in [0.25, 0.3) is 0 Å². The number of ether oxygens (including phenoxy) is 2. The summed E-state index contributed by atoms with van der Waals surface area (Å²) in [7, 11) is 0. The maximum Gasteiger partial charge on any atom is 0.218 e. The Morgan fingerprint density at radius 3 is 2.86 bits per heavy atom. The topological polar surface area (TPSA) is 69.2 Å². The van der Waals surface area contributed by atoms with Gasteiger partial charge in [0.1, 0.15) is 12.1 Å². The lowest BCUT2D eigenvalue weighted by Gasteiger charge is -2.13. The van der Waals surface area contributed by atoms with Gasteiger partial charge in [-0.25, -0.2) is 15.0 Å². The highest BCUT2D eigenvalue weighted by Gasteiger charge is 2.07. The molecule has 0 aromatic carbocycles. The van der Waals surface area contributed by atoms with Crippen molar-refractivity contribution in [3.8, 4) is 11.8 Å². The van der Waals surface area contributed by atoms with Crippen LogP contribution in [-0.4, -0.2) is 27.7 Å². The van der Waals surface area contributed by atoms with E-state index in [1.165, 1.54) is 6.33 Å². The largest absolute Gasteiger partial charge is 0.478 e. The molecule has 2 heterocycles. The summed E-state index contributed by atoms with van der Waals surface area (Å²) in [6, 6.07) is 5.63. The van der Waals surface area contributed by atoms with Crippen LogP contribution in [0.2, 0.25) is 0 Å². The Labute approximate surface area is 124 Å². The molecule has 0 unspecified atom stereocenters. The van der Waals surface area contributed by atoms with Crippen molar-refractivity contribution >= 4 is 5.82 Å². The first-order chi connectivity index (χ1) is 10.2. The number of nitrogens with zero attached hydrogens (tertiary/aromatic N) is 3. The van der Waals surface area contributed by atoms with E-state index < -0.39 is 0 Å². The zero-order valence-corrected chi connectivity index (χ0v) is 12.5. The number of aromatic nitrogens is 3. The lowest BCUT2D eigenvalue weighted by atomic mass is 10.2. The first-order valence-electron chi connectivity index (χ1n) is 6.98. The second kappa shape index (κ2) is 7.42. The van der Waals surface area contributed by atoms with E-state index >= 15 is 0 Å². The summed E-state index contributed by atoms with van der Waals surface area (Å²) in [6.07, 6.45) is 3.28. The van der Waals surface area contributed by atoms with Crippen LogP contribution in [-0.2, 0) is 6.54 Å². The third-order valence-corrected chi connectivity index (χ3v) is 2.59. The first kappa shape index (κ1) is 15.0. The smallest absolute Gasteiger partial charge is 0.218 e. The number of nitrogens with one attached hydrogen (secondary N) is 1. The van der Waals surface area contributed by atoms with Crippen molar-refractivity contribution < 1.29 is 9.47 Å². The minimum atomic E-state index is 0.0854. The van der Waals surface area contributed by atoms with Crippen LogP contribution >= 0.6 is 0 Å². The summed E-state index contributed by atoms with van der Waals surface area (Å²) in [6.45, 7) is 7.01. The fourth-order valence-corrected chi connectivity index (χ4v) is 1.74. The highest BCUT2D eigenvalue weighted by atomic mass is 16.5. The maximum atomic E-state index is 5.69. The maximum absolute atomic E-state index is 5.69. The van der Waals surface area contributed by atoms with Crippen molar-refractivity contribution in [2.24, 2.45) is 0 Å². The van der Waals surface area contributed by atoms with Crippen LogP contribution in [0.15, 0.2) is 30.7 Å². The summed E-state index contributed by atoms with van der Waals surface area (Å²) in [5.41, 5.74) is 0.975. The normalized spacial score (nSPS) is 10.5. The molecule has 6 heteroatoms. The van der Waals surface area contributed by atoms with Gasteiger partial charge in [0.25, 0.3) is 0 Å². The van der Waals surface area contributed by atoms with Gasteiger partial charge in [0, 0.05) is 24.4 Å². The van der Waals surface area contributed by atoms with Crippen molar-refractivity contribution in [3.05, 3.63) is 36.3 Å². The molecule has 2 aromatic rings. The Kier molecular flexibility index (Phi) is 5.31. The summed E-state index contributed by atoms with van der Waals surface area (Å²) in [5, 5.41) is 3.22. The fraction of sp³-hybridized carbons (Fsp3) is 0.400. The van der Waals surface area contributed by atoms with Gasteiger partial charge in [0.05, 0.1) is 12.7 Å². The zero-order valence-electron chi connectivity index (χ0n) is 12.5. The summed E-state index contributed by atoms with van der Waals surface area (Å²) >= 11 is 0. The number of anilines is 1. The predicted octanol–water partition coefficient (Wildman–Crippen LogP) is 2.67. The van der Waals surface area contributed by atoms with E-state index in [4.69, 9.17) is 9.47 Å². The van der Waals surface area contributed by atoms with E-state index in [0.717, 1.165) is 5.56 Å². The van der Waals surface area contributed by atoms with Crippen molar-refractivity contribution in [2.75, 3.05) is 11.9 Å². The average Bonchev–Trinajstić information content (AvgIpc) is 2.47. The molecule has 0 fully saturated rings. The molecule has 2 rings (SSSR count). The number of hydrogen-bond acceptors (Lipinski definition) is 6. The SMILES string of the molecule is CCOc1cc(NCc2cccnc2OC(C)C)ncn1. The number of pyridine rings is 1. The van der Waals surface area contributed by atoms with Gasteiger partial charge >= 0.3 is 0 Å².